The summed E-state index contributed by atoms with van der Waals surface area (Å²) in [7, 11) is 1.66. The molecule has 13 heavy (non-hydrogen) atoms. The molecule has 1 aromatic rings. The highest BCUT2D eigenvalue weighted by atomic mass is 35.5. The molecule has 0 aliphatic carbocycles. The largest absolute Gasteiger partial charge is 0.497 e. The molecule has 1 aromatic carbocycles. The zero-order valence-corrected chi connectivity index (χ0v) is 8.80. The standard InChI is InChI=1S/C10H15NO.ClH/c1-3-10(11)8-5-4-6-9(7-8)12-2;/h4-7,10H,3,11H2,1-2H3;1H/t10-;/m1./s1. The fourth-order valence-electron chi connectivity index (χ4n) is 1.11. The molecule has 0 heterocycles. The summed E-state index contributed by atoms with van der Waals surface area (Å²) in [5.74, 6) is 0.872. The van der Waals surface area contributed by atoms with E-state index in [1.807, 2.05) is 24.3 Å². The predicted molar refractivity (Wildman–Crippen MR) is 57.5 cm³/mol. The van der Waals surface area contributed by atoms with Crippen molar-refractivity contribution in [2.45, 2.75) is 19.4 Å². The van der Waals surface area contributed by atoms with Crippen molar-refractivity contribution in [2.24, 2.45) is 5.73 Å². The van der Waals surface area contributed by atoms with Crippen LogP contribution in [0, 0.1) is 0 Å². The maximum atomic E-state index is 5.86. The minimum Gasteiger partial charge on any atom is -0.497 e. The van der Waals surface area contributed by atoms with Crippen LogP contribution in [0.5, 0.6) is 5.75 Å². The maximum Gasteiger partial charge on any atom is 0.119 e. The van der Waals surface area contributed by atoms with E-state index in [4.69, 9.17) is 10.5 Å². The molecule has 0 amide bonds. The molecule has 0 aromatic heterocycles. The normalized spacial score (nSPS) is 11.6. The molecule has 0 aliphatic heterocycles. The van der Waals surface area contributed by atoms with E-state index in [1.54, 1.807) is 7.11 Å². The van der Waals surface area contributed by atoms with Crippen LogP contribution < -0.4 is 10.5 Å². The van der Waals surface area contributed by atoms with Gasteiger partial charge in [-0.2, -0.15) is 0 Å². The van der Waals surface area contributed by atoms with Gasteiger partial charge in [0.25, 0.3) is 0 Å². The summed E-state index contributed by atoms with van der Waals surface area (Å²) < 4.78 is 5.09. The van der Waals surface area contributed by atoms with Crippen molar-refractivity contribution in [3.8, 4) is 5.75 Å². The number of benzene rings is 1. The van der Waals surface area contributed by atoms with E-state index >= 15 is 0 Å². The number of ether oxygens (including phenoxy) is 1. The van der Waals surface area contributed by atoms with Crippen molar-refractivity contribution in [3.05, 3.63) is 29.8 Å². The highest BCUT2D eigenvalue weighted by Gasteiger charge is 2.02. The Morgan fingerprint density at radius 2 is 2.15 bits per heavy atom. The van der Waals surface area contributed by atoms with Crippen LogP contribution in [0.15, 0.2) is 24.3 Å². The summed E-state index contributed by atoms with van der Waals surface area (Å²) in [4.78, 5) is 0. The number of hydrogen-bond donors (Lipinski definition) is 1. The minimum absolute atomic E-state index is 0. The summed E-state index contributed by atoms with van der Waals surface area (Å²) in [5, 5.41) is 0. The van der Waals surface area contributed by atoms with Gasteiger partial charge in [0.15, 0.2) is 0 Å². The number of halogens is 1. The number of methoxy groups -OCH3 is 1. The zero-order chi connectivity index (χ0) is 8.97. The molecule has 0 spiro atoms. The van der Waals surface area contributed by atoms with Crippen LogP contribution in [0.3, 0.4) is 0 Å². The van der Waals surface area contributed by atoms with Gasteiger partial charge < -0.3 is 10.5 Å². The maximum absolute atomic E-state index is 5.86. The number of rotatable bonds is 3. The van der Waals surface area contributed by atoms with Crippen LogP contribution in [-0.2, 0) is 0 Å². The molecule has 0 unspecified atom stereocenters. The molecule has 0 bridgehead atoms. The second kappa shape index (κ2) is 5.84. The van der Waals surface area contributed by atoms with E-state index in [9.17, 15) is 0 Å². The van der Waals surface area contributed by atoms with Crippen molar-refractivity contribution in [1.29, 1.82) is 0 Å². The van der Waals surface area contributed by atoms with E-state index in [0.717, 1.165) is 17.7 Å². The zero-order valence-electron chi connectivity index (χ0n) is 7.99. The second-order valence-corrected chi connectivity index (χ2v) is 2.79. The molecule has 2 nitrogen and oxygen atoms in total. The Hall–Kier alpha value is -0.730. The van der Waals surface area contributed by atoms with Crippen LogP contribution in [0.4, 0.5) is 0 Å². The van der Waals surface area contributed by atoms with E-state index in [0.29, 0.717) is 0 Å². The first-order valence-corrected chi connectivity index (χ1v) is 4.17. The van der Waals surface area contributed by atoms with Crippen molar-refractivity contribution in [2.75, 3.05) is 7.11 Å². The lowest BCUT2D eigenvalue weighted by molar-refractivity contribution is 0.413. The topological polar surface area (TPSA) is 35.2 Å². The van der Waals surface area contributed by atoms with Crippen LogP contribution in [0.25, 0.3) is 0 Å². The Morgan fingerprint density at radius 1 is 1.46 bits per heavy atom. The van der Waals surface area contributed by atoms with Gasteiger partial charge in [-0.05, 0) is 24.1 Å². The molecule has 0 radical (unpaired) electrons. The van der Waals surface area contributed by atoms with Gasteiger partial charge in [-0.3, -0.25) is 0 Å². The fourth-order valence-corrected chi connectivity index (χ4v) is 1.11. The highest BCUT2D eigenvalue weighted by Crippen LogP contribution is 2.18. The molecule has 74 valence electrons. The SMILES string of the molecule is CC[C@@H](N)c1cccc(OC)c1.Cl. The second-order valence-electron chi connectivity index (χ2n) is 2.79. The average Bonchev–Trinajstić information content (AvgIpc) is 2.17. The third-order valence-corrected chi connectivity index (χ3v) is 1.96. The quantitative estimate of drug-likeness (QED) is 0.816. The summed E-state index contributed by atoms with van der Waals surface area (Å²) >= 11 is 0. The lowest BCUT2D eigenvalue weighted by atomic mass is 10.1. The Morgan fingerprint density at radius 3 is 2.69 bits per heavy atom. The van der Waals surface area contributed by atoms with Crippen molar-refractivity contribution >= 4 is 12.4 Å². The smallest absolute Gasteiger partial charge is 0.119 e. The Kier molecular flexibility index (Phi) is 5.51. The molecule has 0 saturated carbocycles. The predicted octanol–water partition coefficient (Wildman–Crippen LogP) is 2.53. The molecule has 3 heteroatoms. The monoisotopic (exact) mass is 201 g/mol. The van der Waals surface area contributed by atoms with Gasteiger partial charge in [-0.25, -0.2) is 0 Å². The molecule has 2 N–H and O–H groups in total. The van der Waals surface area contributed by atoms with Gasteiger partial charge in [0.05, 0.1) is 7.11 Å². The first-order valence-electron chi connectivity index (χ1n) is 4.17. The van der Waals surface area contributed by atoms with Gasteiger partial charge in [0.2, 0.25) is 0 Å². The minimum atomic E-state index is 0. The summed E-state index contributed by atoms with van der Waals surface area (Å²) in [6.07, 6.45) is 0.952. The van der Waals surface area contributed by atoms with Crippen LogP contribution in [0.2, 0.25) is 0 Å². The van der Waals surface area contributed by atoms with Gasteiger partial charge >= 0.3 is 0 Å². The Balaban J connectivity index is 0.00000144. The third kappa shape index (κ3) is 3.25. The molecule has 0 saturated heterocycles. The Labute approximate surface area is 85.5 Å². The van der Waals surface area contributed by atoms with E-state index < -0.39 is 0 Å². The van der Waals surface area contributed by atoms with Crippen molar-refractivity contribution in [1.82, 2.24) is 0 Å². The third-order valence-electron chi connectivity index (χ3n) is 1.96. The van der Waals surface area contributed by atoms with Gasteiger partial charge in [-0.15, -0.1) is 12.4 Å². The number of hydrogen-bond acceptors (Lipinski definition) is 2. The molecular weight excluding hydrogens is 186 g/mol. The lowest BCUT2D eigenvalue weighted by Crippen LogP contribution is -2.08. The highest BCUT2D eigenvalue weighted by molar-refractivity contribution is 5.85. The van der Waals surface area contributed by atoms with E-state index in [2.05, 4.69) is 6.92 Å². The van der Waals surface area contributed by atoms with E-state index in [1.165, 1.54) is 0 Å². The van der Waals surface area contributed by atoms with Gasteiger partial charge in [-0.1, -0.05) is 19.1 Å². The molecule has 1 atom stereocenters. The van der Waals surface area contributed by atoms with Crippen molar-refractivity contribution in [3.63, 3.8) is 0 Å². The van der Waals surface area contributed by atoms with E-state index in [-0.39, 0.29) is 18.4 Å². The summed E-state index contributed by atoms with van der Waals surface area (Å²) in [6.45, 7) is 2.07. The molecule has 0 fully saturated rings. The summed E-state index contributed by atoms with van der Waals surface area (Å²) in [6, 6.07) is 8.01. The van der Waals surface area contributed by atoms with Crippen LogP contribution in [-0.4, -0.2) is 7.11 Å². The van der Waals surface area contributed by atoms with Crippen LogP contribution in [0.1, 0.15) is 24.9 Å². The lowest BCUT2D eigenvalue weighted by Gasteiger charge is -2.09. The first-order chi connectivity index (χ1) is 5.77. The Bertz CT molecular complexity index is 252. The molecular formula is C10H16ClNO. The van der Waals surface area contributed by atoms with Crippen LogP contribution >= 0.6 is 12.4 Å². The first kappa shape index (κ1) is 12.3. The summed E-state index contributed by atoms with van der Waals surface area (Å²) in [5.41, 5.74) is 7.00. The van der Waals surface area contributed by atoms with Crippen molar-refractivity contribution < 1.29 is 4.74 Å². The molecule has 1 rings (SSSR count). The van der Waals surface area contributed by atoms with Gasteiger partial charge in [0.1, 0.15) is 5.75 Å². The fraction of sp³-hybridized carbons (Fsp3) is 0.400. The molecule has 0 aliphatic rings. The van der Waals surface area contributed by atoms with Gasteiger partial charge in [0, 0.05) is 6.04 Å². The number of nitrogens with two attached hydrogens (primary N) is 1. The average molecular weight is 202 g/mol.